The quantitative estimate of drug-likeness (QED) is 0.804. The Morgan fingerprint density at radius 3 is 2.57 bits per heavy atom. The third-order valence-corrected chi connectivity index (χ3v) is 3.83. The molecular formula is C14H14F3N5O. The molecule has 0 N–H and O–H groups in total. The highest BCUT2D eigenvalue weighted by molar-refractivity contribution is 5.95. The maximum atomic E-state index is 12.6. The van der Waals surface area contributed by atoms with Gasteiger partial charge in [0, 0.05) is 13.1 Å². The number of carbonyl (C=O) groups is 1. The van der Waals surface area contributed by atoms with Gasteiger partial charge in [-0.15, -0.1) is 10.2 Å². The van der Waals surface area contributed by atoms with Crippen molar-refractivity contribution in [3.8, 4) is 0 Å². The molecule has 2 aromatic heterocycles. The topological polar surface area (TPSA) is 63.9 Å². The summed E-state index contributed by atoms with van der Waals surface area (Å²) in [6.07, 6.45) is -4.52. The van der Waals surface area contributed by atoms with E-state index in [2.05, 4.69) is 15.2 Å². The summed E-state index contributed by atoms with van der Waals surface area (Å²) in [4.78, 5) is 17.6. The van der Waals surface area contributed by atoms with Crippen molar-refractivity contribution in [2.45, 2.75) is 33.1 Å². The number of aryl methyl sites for hydroxylation is 2. The van der Waals surface area contributed by atoms with Gasteiger partial charge in [0.05, 0.1) is 17.8 Å². The summed E-state index contributed by atoms with van der Waals surface area (Å²) in [6, 6.07) is 2.01. The van der Waals surface area contributed by atoms with E-state index in [0.717, 1.165) is 11.9 Å². The number of halogens is 3. The van der Waals surface area contributed by atoms with Crippen molar-refractivity contribution >= 4 is 5.91 Å². The molecule has 9 heteroatoms. The molecule has 6 nitrogen and oxygen atoms in total. The lowest BCUT2D eigenvalue weighted by Gasteiger charge is -2.28. The van der Waals surface area contributed by atoms with Gasteiger partial charge in [-0.3, -0.25) is 4.79 Å². The molecule has 0 saturated heterocycles. The number of hydrogen-bond donors (Lipinski definition) is 0. The van der Waals surface area contributed by atoms with Gasteiger partial charge < -0.3 is 9.47 Å². The van der Waals surface area contributed by atoms with Crippen molar-refractivity contribution in [1.82, 2.24) is 24.6 Å². The number of nitrogens with zero attached hydrogens (tertiary/aromatic N) is 5. The number of hydrogen-bond acceptors (Lipinski definition) is 4. The van der Waals surface area contributed by atoms with Gasteiger partial charge >= 0.3 is 6.18 Å². The molecule has 0 spiro atoms. The number of carbonyl (C=O) groups excluding carboxylic acids is 1. The van der Waals surface area contributed by atoms with E-state index in [0.29, 0.717) is 18.9 Å². The lowest BCUT2D eigenvalue weighted by atomic mass is 10.1. The maximum Gasteiger partial charge on any atom is 0.433 e. The van der Waals surface area contributed by atoms with Crippen molar-refractivity contribution < 1.29 is 18.0 Å². The fraction of sp³-hybridized carbons (Fsp3) is 0.429. The Hall–Kier alpha value is -2.45. The zero-order valence-corrected chi connectivity index (χ0v) is 12.6. The van der Waals surface area contributed by atoms with Crippen LogP contribution >= 0.6 is 0 Å². The van der Waals surface area contributed by atoms with Gasteiger partial charge in [-0.2, -0.15) is 13.2 Å². The summed E-state index contributed by atoms with van der Waals surface area (Å²) in [5, 5.41) is 7.96. The van der Waals surface area contributed by atoms with E-state index in [1.807, 2.05) is 11.5 Å². The zero-order chi connectivity index (χ0) is 16.8. The Bertz CT molecular complexity index is 768. The molecule has 1 amide bonds. The fourth-order valence-corrected chi connectivity index (χ4v) is 2.59. The molecule has 1 aliphatic rings. The van der Waals surface area contributed by atoms with E-state index in [4.69, 9.17) is 0 Å². The van der Waals surface area contributed by atoms with Crippen molar-refractivity contribution in [1.29, 1.82) is 0 Å². The SMILES string of the molecule is Cc1nc(C(F)(F)F)ccc1C(=O)N1CCn2c(C)nnc2C1. The molecule has 0 fully saturated rings. The first kappa shape index (κ1) is 15.4. The van der Waals surface area contributed by atoms with Gasteiger partial charge in [0.1, 0.15) is 11.5 Å². The van der Waals surface area contributed by atoms with E-state index in [9.17, 15) is 18.0 Å². The molecule has 0 bridgehead atoms. The average Bonchev–Trinajstić information content (AvgIpc) is 2.86. The van der Waals surface area contributed by atoms with Gasteiger partial charge in [0.15, 0.2) is 5.82 Å². The molecule has 1 aliphatic heterocycles. The van der Waals surface area contributed by atoms with Crippen LogP contribution in [0.1, 0.15) is 33.4 Å². The van der Waals surface area contributed by atoms with Crippen LogP contribution in [0, 0.1) is 13.8 Å². The molecule has 3 rings (SSSR count). The van der Waals surface area contributed by atoms with Gasteiger partial charge in [-0.25, -0.2) is 4.98 Å². The fourth-order valence-electron chi connectivity index (χ4n) is 2.59. The Morgan fingerprint density at radius 2 is 1.91 bits per heavy atom. The third-order valence-electron chi connectivity index (χ3n) is 3.83. The van der Waals surface area contributed by atoms with Crippen LogP contribution in [0.25, 0.3) is 0 Å². The molecule has 0 saturated carbocycles. The molecular weight excluding hydrogens is 311 g/mol. The van der Waals surface area contributed by atoms with Gasteiger partial charge in [-0.1, -0.05) is 0 Å². The Morgan fingerprint density at radius 1 is 1.17 bits per heavy atom. The van der Waals surface area contributed by atoms with Gasteiger partial charge in [0.2, 0.25) is 0 Å². The second kappa shape index (κ2) is 5.32. The van der Waals surface area contributed by atoms with Crippen molar-refractivity contribution in [2.24, 2.45) is 0 Å². The van der Waals surface area contributed by atoms with E-state index < -0.39 is 11.9 Å². The molecule has 2 aromatic rings. The normalized spacial score (nSPS) is 14.7. The van der Waals surface area contributed by atoms with Gasteiger partial charge in [-0.05, 0) is 26.0 Å². The predicted octanol–water partition coefficient (Wildman–Crippen LogP) is 1.96. The van der Waals surface area contributed by atoms with Crippen LogP contribution in [-0.4, -0.2) is 37.1 Å². The third kappa shape index (κ3) is 2.78. The first-order valence-corrected chi connectivity index (χ1v) is 7.00. The smallest absolute Gasteiger partial charge is 0.329 e. The maximum absolute atomic E-state index is 12.6. The molecule has 0 unspecified atom stereocenters. The summed E-state index contributed by atoms with van der Waals surface area (Å²) in [5.74, 6) is 1.09. The van der Waals surface area contributed by atoms with E-state index in [-0.39, 0.29) is 23.7 Å². The first-order chi connectivity index (χ1) is 10.8. The Balaban J connectivity index is 1.84. The lowest BCUT2D eigenvalue weighted by Crippen LogP contribution is -2.39. The first-order valence-electron chi connectivity index (χ1n) is 7.00. The Kier molecular flexibility index (Phi) is 3.57. The predicted molar refractivity (Wildman–Crippen MR) is 73.5 cm³/mol. The number of pyridine rings is 1. The second-order valence-electron chi connectivity index (χ2n) is 5.37. The molecule has 0 atom stereocenters. The highest BCUT2D eigenvalue weighted by atomic mass is 19.4. The van der Waals surface area contributed by atoms with Crippen molar-refractivity contribution in [3.05, 3.63) is 40.7 Å². The minimum atomic E-state index is -4.52. The molecule has 0 aromatic carbocycles. The molecule has 0 aliphatic carbocycles. The van der Waals surface area contributed by atoms with Crippen LogP contribution in [0.2, 0.25) is 0 Å². The summed E-state index contributed by atoms with van der Waals surface area (Å²) in [5.41, 5.74) is -0.767. The van der Waals surface area contributed by atoms with Gasteiger partial charge in [0.25, 0.3) is 5.91 Å². The highest BCUT2D eigenvalue weighted by Gasteiger charge is 2.33. The number of fused-ring (bicyclic) bond motifs is 1. The van der Waals surface area contributed by atoms with Crippen molar-refractivity contribution in [3.63, 3.8) is 0 Å². The molecule has 0 radical (unpaired) electrons. The molecule has 122 valence electrons. The number of rotatable bonds is 1. The lowest BCUT2D eigenvalue weighted by molar-refractivity contribution is -0.141. The minimum absolute atomic E-state index is 0.0630. The minimum Gasteiger partial charge on any atom is -0.329 e. The second-order valence-corrected chi connectivity index (χ2v) is 5.37. The standard InChI is InChI=1S/C14H14F3N5O/c1-8-10(3-4-11(18-8)14(15,16)17)13(23)21-5-6-22-9(2)19-20-12(22)7-21/h3-4H,5-7H2,1-2H3. The monoisotopic (exact) mass is 325 g/mol. The van der Waals surface area contributed by atoms with E-state index >= 15 is 0 Å². The average molecular weight is 325 g/mol. The van der Waals surface area contributed by atoms with Crippen LogP contribution in [0.4, 0.5) is 13.2 Å². The van der Waals surface area contributed by atoms with Crippen LogP contribution in [0.3, 0.4) is 0 Å². The van der Waals surface area contributed by atoms with Crippen LogP contribution in [0.5, 0.6) is 0 Å². The zero-order valence-electron chi connectivity index (χ0n) is 12.6. The highest BCUT2D eigenvalue weighted by Crippen LogP contribution is 2.28. The van der Waals surface area contributed by atoms with Crippen LogP contribution in [0.15, 0.2) is 12.1 Å². The Labute approximate surface area is 130 Å². The summed E-state index contributed by atoms with van der Waals surface area (Å²) in [6.45, 7) is 4.52. The molecule has 3 heterocycles. The summed E-state index contributed by atoms with van der Waals surface area (Å²) >= 11 is 0. The van der Waals surface area contributed by atoms with Crippen molar-refractivity contribution in [2.75, 3.05) is 6.54 Å². The number of amides is 1. The summed E-state index contributed by atoms with van der Waals surface area (Å²) in [7, 11) is 0. The van der Waals surface area contributed by atoms with E-state index in [1.165, 1.54) is 13.0 Å². The van der Waals surface area contributed by atoms with Crippen LogP contribution < -0.4 is 0 Å². The number of alkyl halides is 3. The van der Waals surface area contributed by atoms with E-state index in [1.54, 1.807) is 4.90 Å². The number of aromatic nitrogens is 4. The summed E-state index contributed by atoms with van der Waals surface area (Å²) < 4.78 is 39.9. The van der Waals surface area contributed by atoms with Crippen LogP contribution in [-0.2, 0) is 19.3 Å². The largest absolute Gasteiger partial charge is 0.433 e. The molecule has 23 heavy (non-hydrogen) atoms.